The van der Waals surface area contributed by atoms with Gasteiger partial charge in [-0.05, 0) is 39.2 Å². The van der Waals surface area contributed by atoms with E-state index in [-0.39, 0.29) is 18.0 Å². The molecule has 132 valence electrons. The van der Waals surface area contributed by atoms with Gasteiger partial charge in [-0.25, -0.2) is 4.79 Å². The molecule has 1 heterocycles. The molecule has 1 aliphatic rings. The van der Waals surface area contributed by atoms with Crippen molar-refractivity contribution >= 4 is 11.9 Å². The van der Waals surface area contributed by atoms with E-state index in [2.05, 4.69) is 36.5 Å². The van der Waals surface area contributed by atoms with Crippen molar-refractivity contribution in [2.45, 2.75) is 46.1 Å². The van der Waals surface area contributed by atoms with Gasteiger partial charge in [-0.1, -0.05) is 29.8 Å². The zero-order valence-corrected chi connectivity index (χ0v) is 15.0. The Morgan fingerprint density at radius 2 is 1.67 bits per heavy atom. The molecule has 1 saturated heterocycles. The normalized spacial score (nSPS) is 15.3. The van der Waals surface area contributed by atoms with Crippen LogP contribution in [0.1, 0.15) is 37.8 Å². The van der Waals surface area contributed by atoms with Crippen LogP contribution in [0.3, 0.4) is 0 Å². The molecular formula is C19H29N3O2. The van der Waals surface area contributed by atoms with Crippen LogP contribution in [0.5, 0.6) is 0 Å². The van der Waals surface area contributed by atoms with Gasteiger partial charge >= 0.3 is 6.03 Å². The van der Waals surface area contributed by atoms with Crippen molar-refractivity contribution in [3.05, 3.63) is 35.4 Å². The van der Waals surface area contributed by atoms with Crippen molar-refractivity contribution in [3.63, 3.8) is 0 Å². The summed E-state index contributed by atoms with van der Waals surface area (Å²) in [7, 11) is 0. The van der Waals surface area contributed by atoms with Gasteiger partial charge in [-0.2, -0.15) is 0 Å². The second kappa shape index (κ2) is 8.71. The van der Waals surface area contributed by atoms with E-state index in [1.807, 2.05) is 23.6 Å². The van der Waals surface area contributed by atoms with Crippen LogP contribution in [0, 0.1) is 6.92 Å². The third kappa shape index (κ3) is 5.55. The number of carbonyl (C=O) groups excluding carboxylic acids is 2. The lowest BCUT2D eigenvalue weighted by atomic mass is 10.1. The lowest BCUT2D eigenvalue weighted by molar-refractivity contribution is -0.131. The van der Waals surface area contributed by atoms with Gasteiger partial charge in [0.1, 0.15) is 0 Å². The molecule has 1 fully saturated rings. The second-order valence-electron chi connectivity index (χ2n) is 6.81. The predicted molar refractivity (Wildman–Crippen MR) is 95.9 cm³/mol. The Labute approximate surface area is 145 Å². The van der Waals surface area contributed by atoms with Gasteiger partial charge < -0.3 is 15.1 Å². The molecule has 0 saturated carbocycles. The van der Waals surface area contributed by atoms with E-state index in [0.29, 0.717) is 26.1 Å². The monoisotopic (exact) mass is 331 g/mol. The van der Waals surface area contributed by atoms with Gasteiger partial charge in [0.25, 0.3) is 0 Å². The van der Waals surface area contributed by atoms with E-state index >= 15 is 0 Å². The molecule has 1 aliphatic heterocycles. The quantitative estimate of drug-likeness (QED) is 0.922. The van der Waals surface area contributed by atoms with Crippen molar-refractivity contribution in [2.75, 3.05) is 26.2 Å². The molecule has 0 unspecified atom stereocenters. The molecule has 0 aliphatic carbocycles. The number of hydrogen-bond acceptors (Lipinski definition) is 2. The fraction of sp³-hybridized carbons (Fsp3) is 0.579. The first-order chi connectivity index (χ1) is 11.5. The Bertz CT molecular complexity index is 554. The predicted octanol–water partition coefficient (Wildman–Crippen LogP) is 2.58. The van der Waals surface area contributed by atoms with Crippen molar-refractivity contribution in [2.24, 2.45) is 0 Å². The van der Waals surface area contributed by atoms with E-state index in [1.165, 1.54) is 11.1 Å². The van der Waals surface area contributed by atoms with Gasteiger partial charge in [0, 0.05) is 38.6 Å². The minimum absolute atomic E-state index is 0.0287. The van der Waals surface area contributed by atoms with E-state index in [0.717, 1.165) is 19.4 Å². The van der Waals surface area contributed by atoms with Crippen LogP contribution in [0.15, 0.2) is 24.3 Å². The third-order valence-corrected chi connectivity index (χ3v) is 4.30. The molecule has 1 aromatic carbocycles. The summed E-state index contributed by atoms with van der Waals surface area (Å²) in [5, 5.41) is 2.92. The highest BCUT2D eigenvalue weighted by Gasteiger charge is 2.22. The van der Waals surface area contributed by atoms with Gasteiger partial charge in [0.15, 0.2) is 0 Å². The lowest BCUT2D eigenvalue weighted by Crippen LogP contribution is -2.44. The van der Waals surface area contributed by atoms with Crippen molar-refractivity contribution < 1.29 is 9.59 Å². The van der Waals surface area contributed by atoms with E-state index in [4.69, 9.17) is 0 Å². The Hall–Kier alpha value is -2.04. The Morgan fingerprint density at radius 3 is 2.33 bits per heavy atom. The SMILES string of the molecule is Cc1ccc(CCC(=O)N2CCCN(C(=O)NC(C)C)CC2)cc1. The van der Waals surface area contributed by atoms with Crippen LogP contribution in [0.25, 0.3) is 0 Å². The number of nitrogens with zero attached hydrogens (tertiary/aromatic N) is 2. The maximum Gasteiger partial charge on any atom is 0.317 e. The highest BCUT2D eigenvalue weighted by atomic mass is 16.2. The third-order valence-electron chi connectivity index (χ3n) is 4.30. The molecule has 0 atom stereocenters. The summed E-state index contributed by atoms with van der Waals surface area (Å²) in [5.41, 5.74) is 2.43. The minimum Gasteiger partial charge on any atom is -0.341 e. The minimum atomic E-state index is -0.0287. The summed E-state index contributed by atoms with van der Waals surface area (Å²) in [4.78, 5) is 28.3. The van der Waals surface area contributed by atoms with Gasteiger partial charge in [0.2, 0.25) is 5.91 Å². The molecule has 0 bridgehead atoms. The van der Waals surface area contributed by atoms with Crippen LogP contribution in [0.4, 0.5) is 4.79 Å². The van der Waals surface area contributed by atoms with E-state index in [9.17, 15) is 9.59 Å². The van der Waals surface area contributed by atoms with Crippen LogP contribution in [-0.4, -0.2) is 54.0 Å². The summed E-state index contributed by atoms with van der Waals surface area (Å²) < 4.78 is 0. The smallest absolute Gasteiger partial charge is 0.317 e. The highest BCUT2D eigenvalue weighted by molar-refractivity contribution is 5.77. The standard InChI is InChI=1S/C19H29N3O2/c1-15(2)20-19(24)22-12-4-11-21(13-14-22)18(23)10-9-17-7-5-16(3)6-8-17/h5-8,15H,4,9-14H2,1-3H3,(H,20,24). The molecule has 1 N–H and O–H groups in total. The van der Waals surface area contributed by atoms with E-state index in [1.54, 1.807) is 0 Å². The summed E-state index contributed by atoms with van der Waals surface area (Å²) in [6, 6.07) is 8.44. The maximum absolute atomic E-state index is 12.5. The number of hydrogen-bond donors (Lipinski definition) is 1. The van der Waals surface area contributed by atoms with Crippen LogP contribution < -0.4 is 5.32 Å². The molecule has 1 aromatic rings. The second-order valence-corrected chi connectivity index (χ2v) is 6.81. The Kier molecular flexibility index (Phi) is 6.64. The van der Waals surface area contributed by atoms with E-state index < -0.39 is 0 Å². The Morgan fingerprint density at radius 1 is 1.04 bits per heavy atom. The molecule has 24 heavy (non-hydrogen) atoms. The van der Waals surface area contributed by atoms with Crippen molar-refractivity contribution in [1.82, 2.24) is 15.1 Å². The van der Waals surface area contributed by atoms with Gasteiger partial charge in [0.05, 0.1) is 0 Å². The maximum atomic E-state index is 12.5. The lowest BCUT2D eigenvalue weighted by Gasteiger charge is -2.23. The average molecular weight is 331 g/mol. The number of urea groups is 1. The summed E-state index contributed by atoms with van der Waals surface area (Å²) in [6.07, 6.45) is 2.14. The molecule has 3 amide bonds. The highest BCUT2D eigenvalue weighted by Crippen LogP contribution is 2.10. The fourth-order valence-electron chi connectivity index (χ4n) is 2.87. The summed E-state index contributed by atoms with van der Waals surface area (Å²) in [6.45, 7) is 8.65. The van der Waals surface area contributed by atoms with Crippen LogP contribution >= 0.6 is 0 Å². The molecule has 2 rings (SSSR count). The van der Waals surface area contributed by atoms with Crippen molar-refractivity contribution in [1.29, 1.82) is 0 Å². The summed E-state index contributed by atoms with van der Waals surface area (Å²) >= 11 is 0. The number of carbonyl (C=O) groups is 2. The first-order valence-electron chi connectivity index (χ1n) is 8.84. The zero-order valence-electron chi connectivity index (χ0n) is 15.0. The first kappa shape index (κ1) is 18.3. The molecule has 0 radical (unpaired) electrons. The molecular weight excluding hydrogens is 302 g/mol. The van der Waals surface area contributed by atoms with Crippen LogP contribution in [-0.2, 0) is 11.2 Å². The van der Waals surface area contributed by atoms with Gasteiger partial charge in [-0.3, -0.25) is 4.79 Å². The number of aryl methyl sites for hydroxylation is 2. The molecule has 0 spiro atoms. The number of rotatable bonds is 4. The average Bonchev–Trinajstić information content (AvgIpc) is 2.79. The fourth-order valence-corrected chi connectivity index (χ4v) is 2.87. The van der Waals surface area contributed by atoms with Gasteiger partial charge in [-0.15, -0.1) is 0 Å². The first-order valence-corrected chi connectivity index (χ1v) is 8.84. The topological polar surface area (TPSA) is 52.7 Å². The summed E-state index contributed by atoms with van der Waals surface area (Å²) in [5.74, 6) is 0.182. The number of nitrogens with one attached hydrogen (secondary N) is 1. The number of amides is 3. The number of benzene rings is 1. The van der Waals surface area contributed by atoms with Crippen molar-refractivity contribution in [3.8, 4) is 0 Å². The Balaban J connectivity index is 1.81. The van der Waals surface area contributed by atoms with Crippen LogP contribution in [0.2, 0.25) is 0 Å². The molecule has 0 aromatic heterocycles. The largest absolute Gasteiger partial charge is 0.341 e. The zero-order chi connectivity index (χ0) is 17.5. The molecule has 5 heteroatoms. The molecule has 5 nitrogen and oxygen atoms in total.